The minimum atomic E-state index is 0.442. The zero-order chi connectivity index (χ0) is 12.1. The van der Waals surface area contributed by atoms with Gasteiger partial charge >= 0.3 is 0 Å². The second kappa shape index (κ2) is 5.68. The predicted octanol–water partition coefficient (Wildman–Crippen LogP) is 2.11. The van der Waals surface area contributed by atoms with Gasteiger partial charge in [-0.15, -0.1) is 0 Å². The van der Waals surface area contributed by atoms with E-state index in [4.69, 9.17) is 5.84 Å². The van der Waals surface area contributed by atoms with Crippen LogP contribution in [0.2, 0.25) is 0 Å². The van der Waals surface area contributed by atoms with E-state index in [9.17, 15) is 0 Å². The standard InChI is InChI=1S/C13H20N4/c1-2-6-10-9-12(10)16-13(17-14)15-11-7-4-3-5-8-11/h3-5,7-8,10,12H,2,6,9,14H2,1H3,(H2,15,16,17). The van der Waals surface area contributed by atoms with Crippen molar-refractivity contribution in [2.24, 2.45) is 16.8 Å². The second-order valence-electron chi connectivity index (χ2n) is 4.46. The average molecular weight is 232 g/mol. The van der Waals surface area contributed by atoms with Crippen LogP contribution < -0.4 is 16.6 Å². The van der Waals surface area contributed by atoms with Gasteiger partial charge in [-0.25, -0.2) is 10.8 Å². The van der Waals surface area contributed by atoms with E-state index in [0.717, 1.165) is 11.6 Å². The van der Waals surface area contributed by atoms with Crippen molar-refractivity contribution < 1.29 is 0 Å². The summed E-state index contributed by atoms with van der Waals surface area (Å²) >= 11 is 0. The molecule has 2 atom stereocenters. The topological polar surface area (TPSA) is 62.4 Å². The highest BCUT2D eigenvalue weighted by Gasteiger charge is 2.36. The summed E-state index contributed by atoms with van der Waals surface area (Å²) in [6, 6.07) is 10.4. The van der Waals surface area contributed by atoms with Crippen LogP contribution in [0.5, 0.6) is 0 Å². The molecule has 1 aromatic rings. The third-order valence-corrected chi connectivity index (χ3v) is 3.01. The number of para-hydroxylation sites is 1. The number of aliphatic imine (C=N–C) groups is 1. The number of anilines is 1. The zero-order valence-electron chi connectivity index (χ0n) is 10.2. The Morgan fingerprint density at radius 2 is 2.18 bits per heavy atom. The van der Waals surface area contributed by atoms with Crippen molar-refractivity contribution in [1.82, 2.24) is 5.43 Å². The summed E-state index contributed by atoms with van der Waals surface area (Å²) in [4.78, 5) is 4.57. The maximum absolute atomic E-state index is 5.47. The number of nitrogens with zero attached hydrogens (tertiary/aromatic N) is 1. The number of guanidine groups is 1. The monoisotopic (exact) mass is 232 g/mol. The number of benzene rings is 1. The van der Waals surface area contributed by atoms with Crippen LogP contribution in [-0.4, -0.2) is 12.0 Å². The molecule has 4 heteroatoms. The third-order valence-electron chi connectivity index (χ3n) is 3.01. The van der Waals surface area contributed by atoms with Crippen LogP contribution in [0.25, 0.3) is 0 Å². The van der Waals surface area contributed by atoms with Crippen molar-refractivity contribution in [3.8, 4) is 0 Å². The highest BCUT2D eigenvalue weighted by Crippen LogP contribution is 2.37. The van der Waals surface area contributed by atoms with E-state index in [1.54, 1.807) is 0 Å². The summed E-state index contributed by atoms with van der Waals surface area (Å²) in [6.07, 6.45) is 3.68. The molecular weight excluding hydrogens is 212 g/mol. The molecule has 17 heavy (non-hydrogen) atoms. The van der Waals surface area contributed by atoms with Gasteiger partial charge in [-0.1, -0.05) is 31.5 Å². The quantitative estimate of drug-likeness (QED) is 0.322. The van der Waals surface area contributed by atoms with Gasteiger partial charge in [0.05, 0.1) is 6.04 Å². The van der Waals surface area contributed by atoms with Gasteiger partial charge in [-0.2, -0.15) is 0 Å². The van der Waals surface area contributed by atoms with Crippen molar-refractivity contribution in [2.75, 3.05) is 5.32 Å². The molecule has 0 saturated heterocycles. The van der Waals surface area contributed by atoms with E-state index in [-0.39, 0.29) is 0 Å². The van der Waals surface area contributed by atoms with E-state index in [1.807, 2.05) is 30.3 Å². The van der Waals surface area contributed by atoms with E-state index in [2.05, 4.69) is 22.7 Å². The molecule has 1 aliphatic carbocycles. The van der Waals surface area contributed by atoms with Crippen LogP contribution in [0.1, 0.15) is 26.2 Å². The highest BCUT2D eigenvalue weighted by atomic mass is 15.3. The summed E-state index contributed by atoms with van der Waals surface area (Å²) in [7, 11) is 0. The largest absolute Gasteiger partial charge is 0.325 e. The highest BCUT2D eigenvalue weighted by molar-refractivity contribution is 5.93. The smallest absolute Gasteiger partial charge is 0.210 e. The molecule has 2 rings (SSSR count). The van der Waals surface area contributed by atoms with E-state index in [0.29, 0.717) is 12.0 Å². The Labute approximate surface area is 102 Å². The van der Waals surface area contributed by atoms with Crippen molar-refractivity contribution in [3.63, 3.8) is 0 Å². The molecule has 0 amide bonds. The van der Waals surface area contributed by atoms with Gasteiger partial charge in [-0.05, 0) is 30.9 Å². The fourth-order valence-corrected chi connectivity index (χ4v) is 2.00. The first-order valence-electron chi connectivity index (χ1n) is 6.20. The molecule has 4 N–H and O–H groups in total. The van der Waals surface area contributed by atoms with Gasteiger partial charge in [0.25, 0.3) is 0 Å². The first kappa shape index (κ1) is 11.9. The molecule has 0 radical (unpaired) electrons. The van der Waals surface area contributed by atoms with E-state index < -0.39 is 0 Å². The predicted molar refractivity (Wildman–Crippen MR) is 71.6 cm³/mol. The van der Waals surface area contributed by atoms with Gasteiger partial charge < -0.3 is 5.32 Å². The van der Waals surface area contributed by atoms with Gasteiger partial charge in [0.1, 0.15) is 0 Å². The van der Waals surface area contributed by atoms with Gasteiger partial charge in [0.15, 0.2) is 0 Å². The molecule has 1 aliphatic rings. The van der Waals surface area contributed by atoms with Crippen molar-refractivity contribution >= 4 is 11.6 Å². The number of hydrogen-bond donors (Lipinski definition) is 3. The molecule has 0 bridgehead atoms. The Kier molecular flexibility index (Phi) is 3.98. The maximum atomic E-state index is 5.47. The second-order valence-corrected chi connectivity index (χ2v) is 4.46. The molecular formula is C13H20N4. The van der Waals surface area contributed by atoms with Crippen LogP contribution in [-0.2, 0) is 0 Å². The van der Waals surface area contributed by atoms with Crippen molar-refractivity contribution in [3.05, 3.63) is 30.3 Å². The lowest BCUT2D eigenvalue weighted by atomic mass is 10.2. The van der Waals surface area contributed by atoms with Crippen LogP contribution in [0.4, 0.5) is 5.69 Å². The number of hydrogen-bond acceptors (Lipinski definition) is 2. The summed E-state index contributed by atoms with van der Waals surface area (Å²) in [5.41, 5.74) is 3.62. The van der Waals surface area contributed by atoms with Crippen LogP contribution in [0, 0.1) is 5.92 Å². The van der Waals surface area contributed by atoms with Gasteiger partial charge in [-0.3, -0.25) is 5.43 Å². The molecule has 0 aliphatic heterocycles. The molecule has 92 valence electrons. The van der Waals surface area contributed by atoms with E-state index in [1.165, 1.54) is 19.3 Å². The molecule has 0 spiro atoms. The first-order chi connectivity index (χ1) is 8.33. The molecule has 0 aromatic heterocycles. The molecule has 2 unspecified atom stereocenters. The molecule has 1 fully saturated rings. The molecule has 0 heterocycles. The summed E-state index contributed by atoms with van der Waals surface area (Å²) < 4.78 is 0. The Morgan fingerprint density at radius 3 is 2.82 bits per heavy atom. The number of hydrazine groups is 1. The maximum Gasteiger partial charge on any atom is 0.210 e. The molecule has 1 aromatic carbocycles. The number of rotatable bonds is 4. The zero-order valence-corrected chi connectivity index (χ0v) is 10.2. The Hall–Kier alpha value is -1.55. The van der Waals surface area contributed by atoms with Crippen LogP contribution in [0.3, 0.4) is 0 Å². The number of nitrogens with one attached hydrogen (secondary N) is 2. The minimum Gasteiger partial charge on any atom is -0.325 e. The minimum absolute atomic E-state index is 0.442. The Bertz CT molecular complexity index is 374. The Morgan fingerprint density at radius 1 is 1.41 bits per heavy atom. The normalized spacial score (nSPS) is 23.3. The van der Waals surface area contributed by atoms with Gasteiger partial charge in [0, 0.05) is 5.69 Å². The van der Waals surface area contributed by atoms with Crippen LogP contribution >= 0.6 is 0 Å². The van der Waals surface area contributed by atoms with Gasteiger partial charge in [0.2, 0.25) is 5.96 Å². The fraction of sp³-hybridized carbons (Fsp3) is 0.462. The molecule has 1 saturated carbocycles. The lowest BCUT2D eigenvalue weighted by molar-refractivity contribution is 0.682. The van der Waals surface area contributed by atoms with Crippen LogP contribution in [0.15, 0.2) is 35.3 Å². The SMILES string of the molecule is CCCC1CC1N=C(NN)Nc1ccccc1. The third kappa shape index (κ3) is 3.46. The summed E-state index contributed by atoms with van der Waals surface area (Å²) in [5, 5.41) is 3.18. The first-order valence-corrected chi connectivity index (χ1v) is 6.20. The van der Waals surface area contributed by atoms with E-state index >= 15 is 0 Å². The molecule has 4 nitrogen and oxygen atoms in total. The van der Waals surface area contributed by atoms with Crippen molar-refractivity contribution in [1.29, 1.82) is 0 Å². The summed E-state index contributed by atoms with van der Waals surface area (Å²) in [6.45, 7) is 2.21. The lowest BCUT2D eigenvalue weighted by Gasteiger charge is -2.08. The van der Waals surface area contributed by atoms with Crippen molar-refractivity contribution in [2.45, 2.75) is 32.2 Å². The lowest BCUT2D eigenvalue weighted by Crippen LogP contribution is -2.36. The fourth-order valence-electron chi connectivity index (χ4n) is 2.00. The Balaban J connectivity index is 1.91. The number of nitrogens with two attached hydrogens (primary N) is 1. The average Bonchev–Trinajstić information content (AvgIpc) is 3.08. The summed E-state index contributed by atoms with van der Waals surface area (Å²) in [5.74, 6) is 6.88.